The maximum absolute atomic E-state index is 4.30. The number of aliphatic imine (C=N–C) groups is 1. The summed E-state index contributed by atoms with van der Waals surface area (Å²) in [7, 11) is 1.80. The van der Waals surface area contributed by atoms with Crippen molar-refractivity contribution in [1.82, 2.24) is 15.6 Å². The number of nitrogens with zero attached hydrogens (tertiary/aromatic N) is 2. The molecule has 23 heavy (non-hydrogen) atoms. The first-order valence-electron chi connectivity index (χ1n) is 7.76. The molecule has 5 heteroatoms. The highest BCUT2D eigenvalue weighted by molar-refractivity contribution is 14.0. The van der Waals surface area contributed by atoms with Gasteiger partial charge in [-0.15, -0.1) is 24.0 Å². The van der Waals surface area contributed by atoms with Crippen LogP contribution in [0.4, 0.5) is 0 Å². The molecule has 2 unspecified atom stereocenters. The Morgan fingerprint density at radius 3 is 2.61 bits per heavy atom. The molecule has 3 rings (SSSR count). The summed E-state index contributed by atoms with van der Waals surface area (Å²) < 4.78 is 0. The van der Waals surface area contributed by atoms with Crippen LogP contribution in [0.5, 0.6) is 0 Å². The lowest BCUT2D eigenvalue weighted by atomic mass is 10.1. The number of benzene rings is 1. The number of rotatable bonds is 5. The Bertz CT molecular complexity index is 615. The molecule has 1 aromatic carbocycles. The van der Waals surface area contributed by atoms with Crippen molar-refractivity contribution in [2.24, 2.45) is 10.9 Å². The summed E-state index contributed by atoms with van der Waals surface area (Å²) in [4.78, 5) is 8.57. The van der Waals surface area contributed by atoms with Gasteiger partial charge in [-0.05, 0) is 36.0 Å². The van der Waals surface area contributed by atoms with Crippen molar-refractivity contribution in [3.8, 4) is 0 Å². The third-order valence-electron chi connectivity index (χ3n) is 4.07. The SMILES string of the molecule is CN=C(NCc1ccccn1)NCC1CC1c1ccccc1.I. The number of pyridine rings is 1. The minimum absolute atomic E-state index is 0. The molecule has 0 bridgehead atoms. The fourth-order valence-electron chi connectivity index (χ4n) is 2.71. The van der Waals surface area contributed by atoms with E-state index in [-0.39, 0.29) is 24.0 Å². The quantitative estimate of drug-likeness (QED) is 0.442. The molecule has 0 amide bonds. The largest absolute Gasteiger partial charge is 0.356 e. The molecule has 1 saturated carbocycles. The van der Waals surface area contributed by atoms with E-state index in [2.05, 4.69) is 50.9 Å². The summed E-state index contributed by atoms with van der Waals surface area (Å²) in [6.45, 7) is 1.65. The number of aromatic nitrogens is 1. The number of halogens is 1. The lowest BCUT2D eigenvalue weighted by Gasteiger charge is -2.11. The van der Waals surface area contributed by atoms with E-state index in [0.29, 0.717) is 18.4 Å². The Morgan fingerprint density at radius 2 is 1.91 bits per heavy atom. The van der Waals surface area contributed by atoms with Gasteiger partial charge in [-0.3, -0.25) is 9.98 Å². The first-order valence-corrected chi connectivity index (χ1v) is 7.76. The van der Waals surface area contributed by atoms with E-state index >= 15 is 0 Å². The Labute approximate surface area is 154 Å². The molecule has 1 aromatic heterocycles. The Balaban J connectivity index is 0.00000192. The summed E-state index contributed by atoms with van der Waals surface area (Å²) in [5, 5.41) is 6.71. The van der Waals surface area contributed by atoms with E-state index in [1.54, 1.807) is 7.05 Å². The van der Waals surface area contributed by atoms with Crippen LogP contribution in [0.25, 0.3) is 0 Å². The van der Waals surface area contributed by atoms with Crippen LogP contribution >= 0.6 is 24.0 Å². The van der Waals surface area contributed by atoms with Crippen molar-refractivity contribution in [2.75, 3.05) is 13.6 Å². The third kappa shape index (κ3) is 5.20. The second-order valence-corrected chi connectivity index (χ2v) is 5.64. The predicted octanol–water partition coefficient (Wildman–Crippen LogP) is 3.17. The van der Waals surface area contributed by atoms with E-state index in [1.165, 1.54) is 12.0 Å². The molecule has 0 saturated heterocycles. The third-order valence-corrected chi connectivity index (χ3v) is 4.07. The maximum Gasteiger partial charge on any atom is 0.191 e. The summed E-state index contributed by atoms with van der Waals surface area (Å²) >= 11 is 0. The van der Waals surface area contributed by atoms with Crippen molar-refractivity contribution in [3.63, 3.8) is 0 Å². The highest BCUT2D eigenvalue weighted by atomic mass is 127. The topological polar surface area (TPSA) is 49.3 Å². The van der Waals surface area contributed by atoms with Crippen LogP contribution in [-0.2, 0) is 6.54 Å². The standard InChI is InChI=1S/C18H22N4.HI/c1-19-18(22-13-16-9-5-6-10-20-16)21-12-15-11-17(15)14-7-3-2-4-8-14;/h2-10,15,17H,11-13H2,1H3,(H2,19,21,22);1H. The second-order valence-electron chi connectivity index (χ2n) is 5.64. The van der Waals surface area contributed by atoms with Gasteiger partial charge in [0.05, 0.1) is 12.2 Å². The molecule has 2 aromatic rings. The second kappa shape index (κ2) is 8.86. The molecular formula is C18H23IN4. The lowest BCUT2D eigenvalue weighted by molar-refractivity contribution is 0.716. The van der Waals surface area contributed by atoms with E-state index in [4.69, 9.17) is 0 Å². The van der Waals surface area contributed by atoms with Crippen molar-refractivity contribution < 1.29 is 0 Å². The number of guanidine groups is 1. The summed E-state index contributed by atoms with van der Waals surface area (Å²) in [6, 6.07) is 16.7. The molecule has 0 spiro atoms. The van der Waals surface area contributed by atoms with Gasteiger partial charge in [-0.1, -0.05) is 36.4 Å². The fourth-order valence-corrected chi connectivity index (χ4v) is 2.71. The molecule has 1 aliphatic carbocycles. The molecule has 4 nitrogen and oxygen atoms in total. The minimum atomic E-state index is 0. The van der Waals surface area contributed by atoms with Gasteiger partial charge in [0.1, 0.15) is 0 Å². The van der Waals surface area contributed by atoms with Crippen LogP contribution < -0.4 is 10.6 Å². The van der Waals surface area contributed by atoms with Gasteiger partial charge < -0.3 is 10.6 Å². The van der Waals surface area contributed by atoms with Gasteiger partial charge in [-0.25, -0.2) is 0 Å². The highest BCUT2D eigenvalue weighted by Gasteiger charge is 2.37. The zero-order valence-electron chi connectivity index (χ0n) is 13.3. The molecule has 0 radical (unpaired) electrons. The number of nitrogens with one attached hydrogen (secondary N) is 2. The predicted molar refractivity (Wildman–Crippen MR) is 105 cm³/mol. The minimum Gasteiger partial charge on any atom is -0.356 e. The first kappa shape index (κ1) is 17.7. The lowest BCUT2D eigenvalue weighted by Crippen LogP contribution is -2.38. The molecule has 2 N–H and O–H groups in total. The van der Waals surface area contributed by atoms with Crippen molar-refractivity contribution in [2.45, 2.75) is 18.9 Å². The molecule has 0 aliphatic heterocycles. The molecule has 1 heterocycles. The van der Waals surface area contributed by atoms with Crippen LogP contribution in [0, 0.1) is 5.92 Å². The zero-order valence-corrected chi connectivity index (χ0v) is 15.6. The fraction of sp³-hybridized carbons (Fsp3) is 0.333. The van der Waals surface area contributed by atoms with Gasteiger partial charge in [-0.2, -0.15) is 0 Å². The van der Waals surface area contributed by atoms with Gasteiger partial charge in [0.25, 0.3) is 0 Å². The Kier molecular flexibility index (Phi) is 6.83. The van der Waals surface area contributed by atoms with E-state index in [9.17, 15) is 0 Å². The van der Waals surface area contributed by atoms with Crippen LogP contribution in [0.2, 0.25) is 0 Å². The van der Waals surface area contributed by atoms with Crippen molar-refractivity contribution in [1.29, 1.82) is 0 Å². The van der Waals surface area contributed by atoms with E-state index in [1.807, 2.05) is 24.4 Å². The molecule has 122 valence electrons. The summed E-state index contributed by atoms with van der Waals surface area (Å²) in [6.07, 6.45) is 3.07. The van der Waals surface area contributed by atoms with Crippen LogP contribution in [0.3, 0.4) is 0 Å². The van der Waals surface area contributed by atoms with Gasteiger partial charge >= 0.3 is 0 Å². The Hall–Kier alpha value is -1.63. The summed E-state index contributed by atoms with van der Waals surface area (Å²) in [5.74, 6) is 2.24. The smallest absolute Gasteiger partial charge is 0.191 e. The monoisotopic (exact) mass is 422 g/mol. The molecule has 1 fully saturated rings. The number of hydrogen-bond acceptors (Lipinski definition) is 2. The van der Waals surface area contributed by atoms with Crippen molar-refractivity contribution in [3.05, 3.63) is 66.0 Å². The van der Waals surface area contributed by atoms with Crippen LogP contribution in [-0.4, -0.2) is 24.5 Å². The van der Waals surface area contributed by atoms with E-state index < -0.39 is 0 Å². The molecule has 1 aliphatic rings. The maximum atomic E-state index is 4.30. The molecule has 2 atom stereocenters. The first-order chi connectivity index (χ1) is 10.9. The Morgan fingerprint density at radius 1 is 1.13 bits per heavy atom. The average Bonchev–Trinajstić information content (AvgIpc) is 3.36. The van der Waals surface area contributed by atoms with Crippen molar-refractivity contribution >= 4 is 29.9 Å². The highest BCUT2D eigenvalue weighted by Crippen LogP contribution is 2.46. The van der Waals surface area contributed by atoms with Gasteiger partial charge in [0.15, 0.2) is 5.96 Å². The average molecular weight is 422 g/mol. The normalized spacial score (nSPS) is 19.6. The zero-order chi connectivity index (χ0) is 15.2. The van der Waals surface area contributed by atoms with Crippen LogP contribution in [0.1, 0.15) is 23.6 Å². The summed E-state index contributed by atoms with van der Waals surface area (Å²) in [5.41, 5.74) is 2.46. The van der Waals surface area contributed by atoms with E-state index in [0.717, 1.165) is 18.2 Å². The van der Waals surface area contributed by atoms with Crippen LogP contribution in [0.15, 0.2) is 59.7 Å². The van der Waals surface area contributed by atoms with Gasteiger partial charge in [0.2, 0.25) is 0 Å². The van der Waals surface area contributed by atoms with Gasteiger partial charge in [0, 0.05) is 19.8 Å². The molecular weight excluding hydrogens is 399 g/mol. The number of hydrogen-bond donors (Lipinski definition) is 2.